The third kappa shape index (κ3) is 5.54. The van der Waals surface area contributed by atoms with Gasteiger partial charge in [-0.1, -0.05) is 0 Å². The van der Waals surface area contributed by atoms with Gasteiger partial charge in [-0.25, -0.2) is 4.98 Å². The second kappa shape index (κ2) is 10.2. The lowest BCUT2D eigenvalue weighted by Crippen LogP contribution is -2.23. The molecule has 0 radical (unpaired) electrons. The van der Waals surface area contributed by atoms with Crippen LogP contribution in [0.15, 0.2) is 42.5 Å². The number of hydrogen-bond donors (Lipinski definition) is 3. The molecule has 0 fully saturated rings. The van der Waals surface area contributed by atoms with Gasteiger partial charge in [0.05, 0.1) is 25.2 Å². The van der Waals surface area contributed by atoms with Gasteiger partial charge >= 0.3 is 0 Å². The van der Waals surface area contributed by atoms with Crippen molar-refractivity contribution < 1.29 is 19.2 Å². The van der Waals surface area contributed by atoms with Crippen molar-refractivity contribution in [3.63, 3.8) is 0 Å². The fraction of sp³-hybridized carbons (Fsp3) is 0.250. The van der Waals surface area contributed by atoms with Crippen molar-refractivity contribution in [3.8, 4) is 17.1 Å². The van der Waals surface area contributed by atoms with Gasteiger partial charge in [0.15, 0.2) is 5.82 Å². The molecule has 0 atom stereocenters. The van der Waals surface area contributed by atoms with Crippen molar-refractivity contribution in [2.24, 2.45) is 0 Å². The number of carbonyl (C=O) groups is 1. The highest BCUT2D eigenvalue weighted by molar-refractivity contribution is 5.95. The summed E-state index contributed by atoms with van der Waals surface area (Å²) < 4.78 is 10.0. The lowest BCUT2D eigenvalue weighted by atomic mass is 10.1. The Morgan fingerprint density at radius 1 is 1.19 bits per heavy atom. The highest BCUT2D eigenvalue weighted by Crippen LogP contribution is 2.25. The molecule has 1 aromatic heterocycles. The van der Waals surface area contributed by atoms with Gasteiger partial charge in [-0.3, -0.25) is 20.0 Å². The van der Waals surface area contributed by atoms with Crippen LogP contribution in [0.25, 0.3) is 11.4 Å². The molecular formula is C20H22N6O5. The standard InChI is InChI=1S/C20H22N6O5/c1-30-10-9-21-16-8-5-14(11-17(16)26(28)29)20(27)22-12-18-23-19(25-24-18)13-3-6-15(31-2)7-4-13/h3-8,11,21H,9-10,12H2,1-2H3,(H,22,27)(H,23,24,25). The molecule has 11 nitrogen and oxygen atoms in total. The van der Waals surface area contributed by atoms with Crippen LogP contribution in [-0.4, -0.2) is 53.4 Å². The molecule has 0 aliphatic carbocycles. The van der Waals surface area contributed by atoms with Crippen molar-refractivity contribution in [3.05, 3.63) is 64.0 Å². The first-order valence-corrected chi connectivity index (χ1v) is 9.37. The van der Waals surface area contributed by atoms with Gasteiger partial charge in [0.2, 0.25) is 0 Å². The van der Waals surface area contributed by atoms with E-state index in [0.29, 0.717) is 30.5 Å². The molecule has 0 saturated heterocycles. The van der Waals surface area contributed by atoms with E-state index in [1.807, 2.05) is 12.1 Å². The van der Waals surface area contributed by atoms with Crippen molar-refractivity contribution in [2.45, 2.75) is 6.54 Å². The number of nitro benzene ring substituents is 1. The molecule has 0 aliphatic heterocycles. The lowest BCUT2D eigenvalue weighted by molar-refractivity contribution is -0.384. The molecule has 2 aromatic carbocycles. The molecule has 162 valence electrons. The Morgan fingerprint density at radius 3 is 2.65 bits per heavy atom. The molecule has 3 aromatic rings. The first kappa shape index (κ1) is 21.7. The fourth-order valence-corrected chi connectivity index (χ4v) is 2.77. The van der Waals surface area contributed by atoms with Gasteiger partial charge in [-0.05, 0) is 36.4 Å². The third-order valence-electron chi connectivity index (χ3n) is 4.37. The topological polar surface area (TPSA) is 144 Å². The largest absolute Gasteiger partial charge is 0.497 e. The van der Waals surface area contributed by atoms with E-state index in [2.05, 4.69) is 25.8 Å². The number of amides is 1. The van der Waals surface area contributed by atoms with E-state index in [0.717, 1.165) is 11.3 Å². The summed E-state index contributed by atoms with van der Waals surface area (Å²) in [6, 6.07) is 11.5. The molecule has 0 bridgehead atoms. The summed E-state index contributed by atoms with van der Waals surface area (Å²) in [6.45, 7) is 0.892. The van der Waals surface area contributed by atoms with Crippen LogP contribution in [0.4, 0.5) is 11.4 Å². The number of aromatic nitrogens is 3. The van der Waals surface area contributed by atoms with E-state index in [1.165, 1.54) is 25.3 Å². The van der Waals surface area contributed by atoms with E-state index in [-0.39, 0.29) is 17.8 Å². The minimum atomic E-state index is -0.538. The summed E-state index contributed by atoms with van der Waals surface area (Å²) in [5.41, 5.74) is 1.09. The number of hydrogen-bond acceptors (Lipinski definition) is 8. The number of H-pyrrole nitrogens is 1. The first-order valence-electron chi connectivity index (χ1n) is 9.37. The van der Waals surface area contributed by atoms with Gasteiger partial charge in [0, 0.05) is 30.8 Å². The molecule has 3 N–H and O–H groups in total. The Balaban J connectivity index is 1.64. The number of nitro groups is 1. The molecule has 0 unspecified atom stereocenters. The highest BCUT2D eigenvalue weighted by Gasteiger charge is 2.18. The van der Waals surface area contributed by atoms with Crippen LogP contribution in [0.2, 0.25) is 0 Å². The molecule has 1 amide bonds. The van der Waals surface area contributed by atoms with E-state index in [9.17, 15) is 14.9 Å². The van der Waals surface area contributed by atoms with Crippen LogP contribution in [0, 0.1) is 10.1 Å². The number of anilines is 1. The summed E-state index contributed by atoms with van der Waals surface area (Å²) in [5, 5.41) is 23.9. The normalized spacial score (nSPS) is 10.5. The summed E-state index contributed by atoms with van der Waals surface area (Å²) in [4.78, 5) is 27.6. The number of ether oxygens (including phenoxy) is 2. The van der Waals surface area contributed by atoms with Crippen LogP contribution in [0.1, 0.15) is 16.2 Å². The predicted molar refractivity (Wildman–Crippen MR) is 113 cm³/mol. The second-order valence-electron chi connectivity index (χ2n) is 6.43. The fourth-order valence-electron chi connectivity index (χ4n) is 2.77. The Kier molecular flexibility index (Phi) is 7.12. The number of nitrogens with one attached hydrogen (secondary N) is 3. The highest BCUT2D eigenvalue weighted by atomic mass is 16.6. The number of carbonyl (C=O) groups excluding carboxylic acids is 1. The Labute approximate surface area is 177 Å². The van der Waals surface area contributed by atoms with Gasteiger partial charge < -0.3 is 20.1 Å². The van der Waals surface area contributed by atoms with E-state index >= 15 is 0 Å². The summed E-state index contributed by atoms with van der Waals surface area (Å²) in [7, 11) is 3.13. The van der Waals surface area contributed by atoms with Gasteiger partial charge in [-0.2, -0.15) is 5.10 Å². The average molecular weight is 426 g/mol. The van der Waals surface area contributed by atoms with E-state index in [1.54, 1.807) is 19.2 Å². The zero-order valence-corrected chi connectivity index (χ0v) is 17.0. The van der Waals surface area contributed by atoms with E-state index in [4.69, 9.17) is 9.47 Å². The quantitative estimate of drug-likeness (QED) is 0.255. The molecule has 11 heteroatoms. The lowest BCUT2D eigenvalue weighted by Gasteiger charge is -2.08. The Morgan fingerprint density at radius 2 is 1.97 bits per heavy atom. The average Bonchev–Trinajstić information content (AvgIpc) is 3.27. The van der Waals surface area contributed by atoms with Gasteiger partial charge in [0.1, 0.15) is 17.3 Å². The second-order valence-corrected chi connectivity index (χ2v) is 6.43. The number of aromatic amines is 1. The maximum atomic E-state index is 12.5. The number of rotatable bonds is 10. The summed E-state index contributed by atoms with van der Waals surface area (Å²) in [5.74, 6) is 1.19. The monoisotopic (exact) mass is 426 g/mol. The van der Waals surface area contributed by atoms with Crippen molar-refractivity contribution in [1.82, 2.24) is 20.5 Å². The molecule has 31 heavy (non-hydrogen) atoms. The molecule has 0 aliphatic rings. The summed E-state index contributed by atoms with van der Waals surface area (Å²) in [6.07, 6.45) is 0. The van der Waals surface area contributed by atoms with Gasteiger partial charge in [0.25, 0.3) is 11.6 Å². The maximum Gasteiger partial charge on any atom is 0.293 e. The first-order chi connectivity index (χ1) is 15.0. The molecular weight excluding hydrogens is 404 g/mol. The molecule has 3 rings (SSSR count). The van der Waals surface area contributed by atoms with Crippen molar-refractivity contribution in [1.29, 1.82) is 0 Å². The maximum absolute atomic E-state index is 12.5. The van der Waals surface area contributed by atoms with Crippen LogP contribution in [0.3, 0.4) is 0 Å². The summed E-state index contributed by atoms with van der Waals surface area (Å²) >= 11 is 0. The van der Waals surface area contributed by atoms with Crippen molar-refractivity contribution in [2.75, 3.05) is 32.7 Å². The minimum absolute atomic E-state index is 0.0869. The smallest absolute Gasteiger partial charge is 0.293 e. The van der Waals surface area contributed by atoms with Gasteiger partial charge in [-0.15, -0.1) is 0 Å². The zero-order chi connectivity index (χ0) is 22.2. The zero-order valence-electron chi connectivity index (χ0n) is 17.0. The number of methoxy groups -OCH3 is 2. The van der Waals surface area contributed by atoms with Crippen LogP contribution in [0.5, 0.6) is 5.75 Å². The number of nitrogens with zero attached hydrogens (tertiary/aromatic N) is 3. The van der Waals surface area contributed by atoms with Crippen molar-refractivity contribution >= 4 is 17.3 Å². The molecule has 0 saturated carbocycles. The molecule has 1 heterocycles. The minimum Gasteiger partial charge on any atom is -0.497 e. The Bertz CT molecular complexity index is 1050. The number of benzene rings is 2. The SMILES string of the molecule is COCCNc1ccc(C(=O)NCc2nc(-c3ccc(OC)cc3)n[nH]2)cc1[N+](=O)[O-]. The van der Waals surface area contributed by atoms with Crippen LogP contribution < -0.4 is 15.4 Å². The molecule has 0 spiro atoms. The van der Waals surface area contributed by atoms with Crippen LogP contribution in [-0.2, 0) is 11.3 Å². The van der Waals surface area contributed by atoms with Crippen LogP contribution >= 0.6 is 0 Å². The Hall–Kier alpha value is -3.99. The predicted octanol–water partition coefficient (Wildman–Crippen LogP) is 2.38. The third-order valence-corrected chi connectivity index (χ3v) is 4.37. The van der Waals surface area contributed by atoms with E-state index < -0.39 is 10.8 Å².